The average molecular weight is 332 g/mol. The first-order valence-corrected chi connectivity index (χ1v) is 8.55. The number of hydrogen-bond donors (Lipinski definition) is 2. The third kappa shape index (κ3) is 5.53. The second-order valence-corrected chi connectivity index (χ2v) is 5.88. The van der Waals surface area contributed by atoms with Crippen molar-refractivity contribution >= 4 is 11.9 Å². The number of guanidine groups is 1. The summed E-state index contributed by atoms with van der Waals surface area (Å²) in [6.07, 6.45) is 2.84. The summed E-state index contributed by atoms with van der Waals surface area (Å²) in [7, 11) is 3.14. The number of methoxy groups -OCH3 is 1. The van der Waals surface area contributed by atoms with E-state index in [1.165, 1.54) is 25.5 Å². The molecule has 1 saturated heterocycles. The number of carbonyl (C=O) groups excluding carboxylic acids is 1. The standard InChI is InChI=1S/C18H28N4O2/c1-19-18(20-11-10-17(23)24-2)21-14-16(22-12-6-7-13-22)15-8-4-3-5-9-15/h3-5,8-9,16H,6-7,10-14H2,1-2H3,(H2,19,20,21). The summed E-state index contributed by atoms with van der Waals surface area (Å²) < 4.78 is 4.64. The Morgan fingerprint density at radius 1 is 1.25 bits per heavy atom. The number of hydrogen-bond acceptors (Lipinski definition) is 4. The number of rotatable bonds is 7. The van der Waals surface area contributed by atoms with Gasteiger partial charge in [0, 0.05) is 20.1 Å². The van der Waals surface area contributed by atoms with Crippen LogP contribution in [0.25, 0.3) is 0 Å². The highest BCUT2D eigenvalue weighted by molar-refractivity contribution is 5.80. The summed E-state index contributed by atoms with van der Waals surface area (Å²) in [6, 6.07) is 10.9. The quantitative estimate of drug-likeness (QED) is 0.451. The van der Waals surface area contributed by atoms with Gasteiger partial charge in [0.2, 0.25) is 0 Å². The highest BCUT2D eigenvalue weighted by atomic mass is 16.5. The molecule has 2 N–H and O–H groups in total. The van der Waals surface area contributed by atoms with E-state index < -0.39 is 0 Å². The zero-order valence-corrected chi connectivity index (χ0v) is 14.6. The van der Waals surface area contributed by atoms with Crippen molar-refractivity contribution in [1.82, 2.24) is 15.5 Å². The van der Waals surface area contributed by atoms with Crippen molar-refractivity contribution in [2.45, 2.75) is 25.3 Å². The molecule has 6 nitrogen and oxygen atoms in total. The average Bonchev–Trinajstić information content (AvgIpc) is 3.15. The predicted octanol–water partition coefficient (Wildman–Crippen LogP) is 1.55. The normalized spacial score (nSPS) is 16.7. The maximum Gasteiger partial charge on any atom is 0.307 e. The van der Waals surface area contributed by atoms with Crippen LogP contribution in [0.1, 0.15) is 30.9 Å². The van der Waals surface area contributed by atoms with Crippen molar-refractivity contribution in [1.29, 1.82) is 0 Å². The second-order valence-electron chi connectivity index (χ2n) is 5.88. The minimum atomic E-state index is -0.225. The van der Waals surface area contributed by atoms with Gasteiger partial charge in [-0.15, -0.1) is 0 Å². The van der Waals surface area contributed by atoms with E-state index in [0.717, 1.165) is 19.6 Å². The van der Waals surface area contributed by atoms with Crippen LogP contribution in [0, 0.1) is 0 Å². The van der Waals surface area contributed by atoms with Crippen molar-refractivity contribution in [2.24, 2.45) is 4.99 Å². The summed E-state index contributed by atoms with van der Waals surface area (Å²) in [6.45, 7) is 3.55. The van der Waals surface area contributed by atoms with Gasteiger partial charge in [-0.25, -0.2) is 0 Å². The van der Waals surface area contributed by atoms with E-state index in [0.29, 0.717) is 25.0 Å². The Hall–Kier alpha value is -2.08. The van der Waals surface area contributed by atoms with Crippen LogP contribution in [0.2, 0.25) is 0 Å². The van der Waals surface area contributed by atoms with E-state index in [1.807, 2.05) is 6.07 Å². The minimum Gasteiger partial charge on any atom is -0.469 e. The Kier molecular flexibility index (Phi) is 7.55. The van der Waals surface area contributed by atoms with Gasteiger partial charge in [-0.05, 0) is 31.5 Å². The molecule has 0 spiro atoms. The molecule has 6 heteroatoms. The van der Waals surface area contributed by atoms with Gasteiger partial charge in [-0.2, -0.15) is 0 Å². The molecule has 1 aliphatic rings. The second kappa shape index (κ2) is 9.93. The lowest BCUT2D eigenvalue weighted by atomic mass is 10.1. The maximum atomic E-state index is 11.2. The fourth-order valence-corrected chi connectivity index (χ4v) is 2.99. The lowest BCUT2D eigenvalue weighted by molar-refractivity contribution is -0.140. The van der Waals surface area contributed by atoms with Crippen LogP contribution in [0.15, 0.2) is 35.3 Å². The van der Waals surface area contributed by atoms with Gasteiger partial charge < -0.3 is 15.4 Å². The molecule has 1 unspecified atom stereocenters. The first-order chi connectivity index (χ1) is 11.7. The number of aliphatic imine (C=N–C) groups is 1. The van der Waals surface area contributed by atoms with Gasteiger partial charge in [-0.1, -0.05) is 30.3 Å². The molecule has 1 aromatic rings. The largest absolute Gasteiger partial charge is 0.469 e. The van der Waals surface area contributed by atoms with Crippen molar-refractivity contribution in [2.75, 3.05) is 40.3 Å². The minimum absolute atomic E-state index is 0.225. The zero-order chi connectivity index (χ0) is 17.2. The maximum absolute atomic E-state index is 11.2. The predicted molar refractivity (Wildman–Crippen MR) is 96.0 cm³/mol. The number of likely N-dealkylation sites (tertiary alicyclic amines) is 1. The third-order valence-electron chi connectivity index (χ3n) is 4.30. The molecule has 132 valence electrons. The van der Waals surface area contributed by atoms with Crippen LogP contribution in [0.4, 0.5) is 0 Å². The molecule has 1 atom stereocenters. The van der Waals surface area contributed by atoms with Gasteiger partial charge in [0.1, 0.15) is 0 Å². The fourth-order valence-electron chi connectivity index (χ4n) is 2.99. The van der Waals surface area contributed by atoms with Crippen molar-refractivity contribution in [3.05, 3.63) is 35.9 Å². The molecular weight excluding hydrogens is 304 g/mol. The molecule has 24 heavy (non-hydrogen) atoms. The molecule has 0 aromatic heterocycles. The topological polar surface area (TPSA) is 66.0 Å². The number of nitrogens with zero attached hydrogens (tertiary/aromatic N) is 2. The molecule has 0 radical (unpaired) electrons. The highest BCUT2D eigenvalue weighted by Gasteiger charge is 2.23. The van der Waals surface area contributed by atoms with Gasteiger partial charge >= 0.3 is 5.97 Å². The molecule has 1 aromatic carbocycles. The third-order valence-corrected chi connectivity index (χ3v) is 4.30. The Labute approximate surface area is 144 Å². The summed E-state index contributed by atoms with van der Waals surface area (Å²) in [5, 5.41) is 6.53. The van der Waals surface area contributed by atoms with E-state index in [9.17, 15) is 4.79 Å². The van der Waals surface area contributed by atoms with Crippen LogP contribution in [0.5, 0.6) is 0 Å². The highest BCUT2D eigenvalue weighted by Crippen LogP contribution is 2.24. The number of nitrogens with one attached hydrogen (secondary N) is 2. The van der Waals surface area contributed by atoms with Gasteiger partial charge in [-0.3, -0.25) is 14.7 Å². The molecule has 1 aliphatic heterocycles. The Morgan fingerprint density at radius 2 is 1.96 bits per heavy atom. The summed E-state index contributed by atoms with van der Waals surface area (Å²) in [5.74, 6) is 0.483. The van der Waals surface area contributed by atoms with Crippen LogP contribution in [0.3, 0.4) is 0 Å². The molecular formula is C18H28N4O2. The number of ether oxygens (including phenoxy) is 1. The smallest absolute Gasteiger partial charge is 0.307 e. The molecule has 2 rings (SSSR count). The van der Waals surface area contributed by atoms with Crippen LogP contribution >= 0.6 is 0 Å². The van der Waals surface area contributed by atoms with Crippen molar-refractivity contribution in [3.63, 3.8) is 0 Å². The first kappa shape index (κ1) is 18.3. The molecule has 1 heterocycles. The molecule has 0 bridgehead atoms. The molecule has 0 saturated carbocycles. The Balaban J connectivity index is 1.90. The molecule has 1 fully saturated rings. The van der Waals surface area contributed by atoms with Gasteiger partial charge in [0.25, 0.3) is 0 Å². The SMILES string of the molecule is CN=C(NCCC(=O)OC)NCC(c1ccccc1)N1CCCC1. The van der Waals surface area contributed by atoms with Crippen LogP contribution < -0.4 is 10.6 Å². The molecule has 0 amide bonds. The van der Waals surface area contributed by atoms with Gasteiger partial charge in [0.05, 0.1) is 19.6 Å². The number of benzene rings is 1. The van der Waals surface area contributed by atoms with Crippen LogP contribution in [-0.4, -0.2) is 57.2 Å². The Bertz CT molecular complexity index is 527. The van der Waals surface area contributed by atoms with Crippen molar-refractivity contribution < 1.29 is 9.53 Å². The summed E-state index contributed by atoms with van der Waals surface area (Å²) >= 11 is 0. The summed E-state index contributed by atoms with van der Waals surface area (Å²) in [4.78, 5) is 17.9. The monoisotopic (exact) mass is 332 g/mol. The lowest BCUT2D eigenvalue weighted by Gasteiger charge is -2.28. The number of esters is 1. The van der Waals surface area contributed by atoms with E-state index >= 15 is 0 Å². The zero-order valence-electron chi connectivity index (χ0n) is 14.6. The Morgan fingerprint density at radius 3 is 2.58 bits per heavy atom. The first-order valence-electron chi connectivity index (χ1n) is 8.55. The van der Waals surface area contributed by atoms with E-state index in [-0.39, 0.29) is 5.97 Å². The van der Waals surface area contributed by atoms with Crippen LogP contribution in [-0.2, 0) is 9.53 Å². The van der Waals surface area contributed by atoms with E-state index in [4.69, 9.17) is 0 Å². The molecule has 0 aliphatic carbocycles. The summed E-state index contributed by atoms with van der Waals surface area (Å²) in [5.41, 5.74) is 1.32. The van der Waals surface area contributed by atoms with E-state index in [1.54, 1.807) is 7.05 Å². The fraction of sp³-hybridized carbons (Fsp3) is 0.556. The van der Waals surface area contributed by atoms with Gasteiger partial charge in [0.15, 0.2) is 5.96 Å². The van der Waals surface area contributed by atoms with E-state index in [2.05, 4.69) is 49.5 Å². The number of carbonyl (C=O) groups is 1. The van der Waals surface area contributed by atoms with Crippen molar-refractivity contribution in [3.8, 4) is 0 Å². The lowest BCUT2D eigenvalue weighted by Crippen LogP contribution is -2.43.